The number of fused-ring (bicyclic) bond motifs is 1. The first-order chi connectivity index (χ1) is 21.1. The van der Waals surface area contributed by atoms with E-state index < -0.39 is 11.6 Å². The molecule has 0 spiro atoms. The van der Waals surface area contributed by atoms with Crippen LogP contribution in [-0.4, -0.2) is 48.9 Å². The second-order valence-electron chi connectivity index (χ2n) is 11.9. The predicted molar refractivity (Wildman–Crippen MR) is 171 cm³/mol. The van der Waals surface area contributed by atoms with Crippen LogP contribution in [0.3, 0.4) is 0 Å². The third-order valence-electron chi connectivity index (χ3n) is 7.70. The van der Waals surface area contributed by atoms with Crippen LogP contribution in [0.2, 0.25) is 5.02 Å². The number of carbonyl (C=O) groups excluding carboxylic acids is 2. The molecule has 4 aromatic carbocycles. The van der Waals surface area contributed by atoms with E-state index in [0.29, 0.717) is 36.7 Å². The second kappa shape index (κ2) is 13.7. The molecule has 4 aromatic rings. The Morgan fingerprint density at radius 3 is 2.36 bits per heavy atom. The number of likely N-dealkylation sites (tertiary alicyclic amines) is 1. The van der Waals surface area contributed by atoms with E-state index in [1.165, 1.54) is 0 Å². The van der Waals surface area contributed by atoms with E-state index in [9.17, 15) is 9.59 Å². The van der Waals surface area contributed by atoms with Crippen molar-refractivity contribution in [3.8, 4) is 5.75 Å². The van der Waals surface area contributed by atoms with Gasteiger partial charge in [0.25, 0.3) is 0 Å². The van der Waals surface area contributed by atoms with Crippen LogP contribution < -0.4 is 4.74 Å². The molecule has 1 fully saturated rings. The van der Waals surface area contributed by atoms with E-state index in [-0.39, 0.29) is 24.7 Å². The number of amides is 1. The molecule has 1 aliphatic heterocycles. The van der Waals surface area contributed by atoms with Crippen LogP contribution in [0.4, 0.5) is 4.79 Å². The Bertz CT molecular complexity index is 1610. The molecule has 1 saturated heterocycles. The fourth-order valence-corrected chi connectivity index (χ4v) is 5.73. The zero-order valence-electron chi connectivity index (χ0n) is 25.5. The van der Waals surface area contributed by atoms with E-state index in [2.05, 4.69) is 12.1 Å². The van der Waals surface area contributed by atoms with Gasteiger partial charge in [-0.2, -0.15) is 0 Å². The number of esters is 1. The van der Waals surface area contributed by atoms with Crippen molar-refractivity contribution >= 4 is 34.4 Å². The maximum atomic E-state index is 13.0. The Kier molecular flexibility index (Phi) is 9.77. The van der Waals surface area contributed by atoms with Crippen molar-refractivity contribution in [1.29, 1.82) is 0 Å². The van der Waals surface area contributed by atoms with E-state index in [1.54, 1.807) is 36.3 Å². The van der Waals surface area contributed by atoms with Gasteiger partial charge in [-0.1, -0.05) is 84.4 Å². The first kappa shape index (κ1) is 31.4. The van der Waals surface area contributed by atoms with Crippen LogP contribution in [0.1, 0.15) is 60.2 Å². The monoisotopic (exact) mass is 615 g/mol. The summed E-state index contributed by atoms with van der Waals surface area (Å²) < 4.78 is 23.6. The lowest BCUT2D eigenvalue weighted by Crippen LogP contribution is -2.48. The Morgan fingerprint density at radius 2 is 1.64 bits per heavy atom. The molecular weight excluding hydrogens is 578 g/mol. The normalized spacial score (nSPS) is 16.9. The molecule has 5 rings (SSSR count). The molecule has 0 aliphatic carbocycles. The van der Waals surface area contributed by atoms with Crippen molar-refractivity contribution in [3.05, 3.63) is 112 Å². The van der Waals surface area contributed by atoms with Crippen LogP contribution in [0, 0.1) is 0 Å². The molecule has 2 atom stereocenters. The number of benzene rings is 4. The smallest absolute Gasteiger partial charge is 0.410 e. The SMILES string of the molecule is COc1c(COC2CN(C(=O)OC(C)(C)C)CCC2c2ccc(COC(=O)c3ccccc3Cl)cc2)ccc2ccccc12. The number of carbonyl (C=O) groups is 2. The van der Waals surface area contributed by atoms with Gasteiger partial charge in [0.05, 0.1) is 37.0 Å². The summed E-state index contributed by atoms with van der Waals surface area (Å²) in [5.74, 6) is 0.363. The van der Waals surface area contributed by atoms with Crippen LogP contribution in [-0.2, 0) is 27.4 Å². The highest BCUT2D eigenvalue weighted by Gasteiger charge is 2.35. The van der Waals surface area contributed by atoms with Gasteiger partial charge in [-0.3, -0.25) is 0 Å². The molecule has 7 nitrogen and oxygen atoms in total. The standard InChI is InChI=1S/C36H38ClNO6/c1-36(2,3)44-35(40)38-20-19-28(26-15-13-24(14-16-26)22-43-34(39)30-11-7-8-12-31(30)37)32(21-38)42-23-27-18-17-25-9-5-6-10-29(25)33(27)41-4/h5-18,28,32H,19-23H2,1-4H3. The molecule has 1 aliphatic rings. The average molecular weight is 616 g/mol. The van der Waals surface area contributed by atoms with Gasteiger partial charge in [-0.15, -0.1) is 0 Å². The van der Waals surface area contributed by atoms with Crippen LogP contribution in [0.5, 0.6) is 5.75 Å². The lowest BCUT2D eigenvalue weighted by molar-refractivity contribution is -0.0363. The largest absolute Gasteiger partial charge is 0.496 e. The van der Waals surface area contributed by atoms with E-state index in [0.717, 1.165) is 33.2 Å². The maximum Gasteiger partial charge on any atom is 0.410 e. The van der Waals surface area contributed by atoms with Gasteiger partial charge < -0.3 is 23.8 Å². The molecule has 2 unspecified atom stereocenters. The molecule has 0 radical (unpaired) electrons. The number of rotatable bonds is 8. The first-order valence-corrected chi connectivity index (χ1v) is 15.2. The summed E-state index contributed by atoms with van der Waals surface area (Å²) in [6.07, 6.45) is 0.0828. The molecule has 8 heteroatoms. The molecule has 0 bridgehead atoms. The van der Waals surface area contributed by atoms with Gasteiger partial charge in [0.1, 0.15) is 18.0 Å². The number of piperidine rings is 1. The highest BCUT2D eigenvalue weighted by Crippen LogP contribution is 2.35. The van der Waals surface area contributed by atoms with Gasteiger partial charge >= 0.3 is 12.1 Å². The number of ether oxygens (including phenoxy) is 4. The molecule has 0 saturated carbocycles. The minimum Gasteiger partial charge on any atom is -0.496 e. The summed E-state index contributed by atoms with van der Waals surface area (Å²) in [7, 11) is 1.67. The Morgan fingerprint density at radius 1 is 0.909 bits per heavy atom. The quantitative estimate of drug-likeness (QED) is 0.186. The van der Waals surface area contributed by atoms with Gasteiger partial charge in [0.15, 0.2) is 0 Å². The van der Waals surface area contributed by atoms with Crippen LogP contribution in [0.15, 0.2) is 84.9 Å². The Balaban J connectivity index is 1.32. The number of halogens is 1. The topological polar surface area (TPSA) is 74.3 Å². The van der Waals surface area contributed by atoms with Crippen LogP contribution in [0.25, 0.3) is 10.8 Å². The van der Waals surface area contributed by atoms with Gasteiger partial charge in [0, 0.05) is 23.4 Å². The second-order valence-corrected chi connectivity index (χ2v) is 12.4. The number of nitrogens with zero attached hydrogens (tertiary/aromatic N) is 1. The average Bonchev–Trinajstić information content (AvgIpc) is 3.02. The fraction of sp³-hybridized carbons (Fsp3) is 0.333. The van der Waals surface area contributed by atoms with Crippen molar-refractivity contribution < 1.29 is 28.5 Å². The highest BCUT2D eigenvalue weighted by molar-refractivity contribution is 6.33. The molecule has 0 N–H and O–H groups in total. The van der Waals surface area contributed by atoms with E-state index >= 15 is 0 Å². The lowest BCUT2D eigenvalue weighted by atomic mass is 9.86. The van der Waals surface area contributed by atoms with Crippen molar-refractivity contribution in [2.24, 2.45) is 0 Å². The molecule has 230 valence electrons. The third kappa shape index (κ3) is 7.52. The Hall–Kier alpha value is -4.07. The summed E-state index contributed by atoms with van der Waals surface area (Å²) in [6, 6.07) is 27.0. The predicted octanol–water partition coefficient (Wildman–Crippen LogP) is 8.17. The summed E-state index contributed by atoms with van der Waals surface area (Å²) in [5, 5.41) is 2.48. The maximum absolute atomic E-state index is 13.0. The van der Waals surface area contributed by atoms with Crippen molar-refractivity contribution in [1.82, 2.24) is 4.90 Å². The summed E-state index contributed by atoms with van der Waals surface area (Å²) in [4.78, 5) is 27.2. The van der Waals surface area contributed by atoms with Crippen LogP contribution >= 0.6 is 11.6 Å². The summed E-state index contributed by atoms with van der Waals surface area (Å²) in [6.45, 7) is 7.00. The molecular formula is C36H38ClNO6. The number of hydrogen-bond acceptors (Lipinski definition) is 6. The zero-order chi connectivity index (χ0) is 31.3. The highest BCUT2D eigenvalue weighted by atomic mass is 35.5. The van der Waals surface area contributed by atoms with Gasteiger partial charge in [0.2, 0.25) is 0 Å². The van der Waals surface area contributed by atoms with E-state index in [1.807, 2.05) is 69.3 Å². The molecule has 44 heavy (non-hydrogen) atoms. The minimum absolute atomic E-state index is 0.0415. The first-order valence-electron chi connectivity index (χ1n) is 14.8. The molecule has 1 heterocycles. The number of hydrogen-bond donors (Lipinski definition) is 0. The molecule has 0 aromatic heterocycles. The third-order valence-corrected chi connectivity index (χ3v) is 8.03. The van der Waals surface area contributed by atoms with Crippen molar-refractivity contribution in [2.75, 3.05) is 20.2 Å². The fourth-order valence-electron chi connectivity index (χ4n) is 5.51. The Labute approximate surface area is 263 Å². The number of methoxy groups -OCH3 is 1. The minimum atomic E-state index is -0.589. The zero-order valence-corrected chi connectivity index (χ0v) is 26.3. The van der Waals surface area contributed by atoms with E-state index in [4.69, 9.17) is 30.5 Å². The summed E-state index contributed by atoms with van der Waals surface area (Å²) in [5.41, 5.74) is 2.64. The van der Waals surface area contributed by atoms with Gasteiger partial charge in [-0.05, 0) is 55.8 Å². The summed E-state index contributed by atoms with van der Waals surface area (Å²) >= 11 is 6.14. The van der Waals surface area contributed by atoms with Crippen molar-refractivity contribution in [2.45, 2.75) is 58.0 Å². The lowest BCUT2D eigenvalue weighted by Gasteiger charge is -2.39. The van der Waals surface area contributed by atoms with Gasteiger partial charge in [-0.25, -0.2) is 9.59 Å². The molecule has 1 amide bonds. The van der Waals surface area contributed by atoms with Crippen molar-refractivity contribution in [3.63, 3.8) is 0 Å².